The monoisotopic (exact) mass is 280 g/mol. The van der Waals surface area contributed by atoms with Gasteiger partial charge in [-0.2, -0.15) is 0 Å². The fourth-order valence-corrected chi connectivity index (χ4v) is 1.74. The maximum absolute atomic E-state index is 12.0. The highest BCUT2D eigenvalue weighted by Gasteiger charge is 2.22. The molecule has 1 aromatic rings. The first-order valence-electron chi connectivity index (χ1n) is 6.43. The molecule has 5 nitrogen and oxygen atoms in total. The molecular weight excluding hydrogens is 260 g/mol. The van der Waals surface area contributed by atoms with Crippen LogP contribution in [0.15, 0.2) is 18.2 Å². The summed E-state index contributed by atoms with van der Waals surface area (Å²) in [5.41, 5.74) is 0.767. The van der Waals surface area contributed by atoms with Crippen LogP contribution in [0.3, 0.4) is 0 Å². The Labute approximate surface area is 118 Å². The number of carbonyl (C=O) groups excluding carboxylic acids is 2. The summed E-state index contributed by atoms with van der Waals surface area (Å²) in [6.45, 7) is 3.54. The highest BCUT2D eigenvalue weighted by atomic mass is 16.5. The molecule has 0 aliphatic carbocycles. The van der Waals surface area contributed by atoms with Gasteiger partial charge in [-0.15, -0.1) is 0 Å². The maximum Gasteiger partial charge on any atom is 0.316 e. The molecule has 1 aromatic carbocycles. The van der Waals surface area contributed by atoms with Crippen molar-refractivity contribution in [3.63, 3.8) is 0 Å². The lowest BCUT2D eigenvalue weighted by molar-refractivity contribution is -0.150. The van der Waals surface area contributed by atoms with Gasteiger partial charge in [0, 0.05) is 6.42 Å². The van der Waals surface area contributed by atoms with Crippen molar-refractivity contribution in [2.45, 2.75) is 20.3 Å². The number of rotatable bonds is 7. The van der Waals surface area contributed by atoms with Crippen LogP contribution < -0.4 is 9.47 Å². The Kier molecular flexibility index (Phi) is 6.03. The van der Waals surface area contributed by atoms with Crippen molar-refractivity contribution in [2.75, 3.05) is 20.8 Å². The molecule has 1 unspecified atom stereocenters. The Morgan fingerprint density at radius 2 is 1.80 bits per heavy atom. The molecule has 0 fully saturated rings. The Morgan fingerprint density at radius 3 is 2.35 bits per heavy atom. The largest absolute Gasteiger partial charge is 0.493 e. The van der Waals surface area contributed by atoms with Gasteiger partial charge in [-0.25, -0.2) is 0 Å². The standard InChI is InChI=1S/C15H20O5/c1-5-20-15(17)10(2)12(16)8-11-6-7-13(18-3)14(9-11)19-4/h6-7,9-10H,5,8H2,1-4H3. The normalized spacial score (nSPS) is 11.6. The summed E-state index contributed by atoms with van der Waals surface area (Å²) in [6, 6.07) is 5.24. The van der Waals surface area contributed by atoms with E-state index in [0.717, 1.165) is 5.56 Å². The van der Waals surface area contributed by atoms with Crippen molar-refractivity contribution in [3.8, 4) is 11.5 Å². The van der Waals surface area contributed by atoms with E-state index in [1.807, 2.05) is 0 Å². The first-order valence-corrected chi connectivity index (χ1v) is 6.43. The third kappa shape index (κ3) is 3.98. The van der Waals surface area contributed by atoms with Crippen LogP contribution in [0, 0.1) is 5.92 Å². The third-order valence-corrected chi connectivity index (χ3v) is 2.95. The molecular formula is C15H20O5. The zero-order valence-electron chi connectivity index (χ0n) is 12.3. The number of hydrogen-bond acceptors (Lipinski definition) is 5. The molecule has 0 heterocycles. The smallest absolute Gasteiger partial charge is 0.316 e. The molecule has 1 atom stereocenters. The average molecular weight is 280 g/mol. The van der Waals surface area contributed by atoms with Crippen LogP contribution in [-0.4, -0.2) is 32.6 Å². The molecule has 0 aliphatic rings. The second-order valence-electron chi connectivity index (χ2n) is 4.31. The number of carbonyl (C=O) groups is 2. The number of esters is 1. The molecule has 0 spiro atoms. The predicted molar refractivity (Wildman–Crippen MR) is 74.1 cm³/mol. The fourth-order valence-electron chi connectivity index (χ4n) is 1.74. The SMILES string of the molecule is CCOC(=O)C(C)C(=O)Cc1ccc(OC)c(OC)c1. The summed E-state index contributed by atoms with van der Waals surface area (Å²) >= 11 is 0. The molecule has 1 rings (SSSR count). The van der Waals surface area contributed by atoms with Gasteiger partial charge in [-0.1, -0.05) is 6.07 Å². The Bertz CT molecular complexity index is 481. The second kappa shape index (κ2) is 7.53. The van der Waals surface area contributed by atoms with E-state index in [4.69, 9.17) is 14.2 Å². The minimum absolute atomic E-state index is 0.153. The minimum Gasteiger partial charge on any atom is -0.493 e. The number of hydrogen-bond donors (Lipinski definition) is 0. The summed E-state index contributed by atoms with van der Waals surface area (Å²) in [6.07, 6.45) is 0.153. The average Bonchev–Trinajstić information content (AvgIpc) is 2.46. The molecule has 20 heavy (non-hydrogen) atoms. The molecule has 0 amide bonds. The van der Waals surface area contributed by atoms with Crippen molar-refractivity contribution < 1.29 is 23.8 Å². The summed E-state index contributed by atoms with van der Waals surface area (Å²) < 4.78 is 15.1. The zero-order chi connectivity index (χ0) is 15.1. The summed E-state index contributed by atoms with van der Waals surface area (Å²) in [5.74, 6) is -0.277. The molecule has 0 saturated carbocycles. The summed E-state index contributed by atoms with van der Waals surface area (Å²) in [5, 5.41) is 0. The van der Waals surface area contributed by atoms with Crippen LogP contribution in [0.25, 0.3) is 0 Å². The van der Waals surface area contributed by atoms with E-state index in [0.29, 0.717) is 11.5 Å². The first-order chi connectivity index (χ1) is 9.53. The molecule has 0 bridgehead atoms. The predicted octanol–water partition coefficient (Wildman–Crippen LogP) is 2.01. The van der Waals surface area contributed by atoms with Crippen molar-refractivity contribution in [3.05, 3.63) is 23.8 Å². The van der Waals surface area contributed by atoms with E-state index in [2.05, 4.69) is 0 Å². The summed E-state index contributed by atoms with van der Waals surface area (Å²) in [4.78, 5) is 23.5. The quantitative estimate of drug-likeness (QED) is 0.565. The lowest BCUT2D eigenvalue weighted by Crippen LogP contribution is -2.24. The number of ketones is 1. The van der Waals surface area contributed by atoms with E-state index >= 15 is 0 Å². The van der Waals surface area contributed by atoms with Gasteiger partial charge < -0.3 is 14.2 Å². The zero-order valence-corrected chi connectivity index (χ0v) is 12.3. The van der Waals surface area contributed by atoms with Gasteiger partial charge in [-0.3, -0.25) is 9.59 Å². The number of benzene rings is 1. The lowest BCUT2D eigenvalue weighted by atomic mass is 9.99. The van der Waals surface area contributed by atoms with Crippen molar-refractivity contribution >= 4 is 11.8 Å². The van der Waals surface area contributed by atoms with Crippen LogP contribution in [0.1, 0.15) is 19.4 Å². The van der Waals surface area contributed by atoms with Crippen LogP contribution in [0.2, 0.25) is 0 Å². The fraction of sp³-hybridized carbons (Fsp3) is 0.467. The highest BCUT2D eigenvalue weighted by Crippen LogP contribution is 2.28. The molecule has 0 N–H and O–H groups in total. The summed E-state index contributed by atoms with van der Waals surface area (Å²) in [7, 11) is 3.08. The number of ether oxygens (including phenoxy) is 3. The molecule has 0 saturated heterocycles. The maximum atomic E-state index is 12.0. The van der Waals surface area contributed by atoms with Gasteiger partial charge in [0.15, 0.2) is 17.3 Å². The van der Waals surface area contributed by atoms with Crippen LogP contribution >= 0.6 is 0 Å². The van der Waals surface area contributed by atoms with Gasteiger partial charge in [0.1, 0.15) is 5.92 Å². The van der Waals surface area contributed by atoms with Gasteiger partial charge in [0.25, 0.3) is 0 Å². The molecule has 0 aliphatic heterocycles. The van der Waals surface area contributed by atoms with E-state index in [9.17, 15) is 9.59 Å². The van der Waals surface area contributed by atoms with Crippen LogP contribution in [0.5, 0.6) is 11.5 Å². The van der Waals surface area contributed by atoms with E-state index in [1.54, 1.807) is 39.2 Å². The van der Waals surface area contributed by atoms with E-state index in [-0.39, 0.29) is 18.8 Å². The lowest BCUT2D eigenvalue weighted by Gasteiger charge is -2.11. The minimum atomic E-state index is -0.761. The van der Waals surface area contributed by atoms with Gasteiger partial charge in [-0.05, 0) is 31.5 Å². The molecule has 110 valence electrons. The van der Waals surface area contributed by atoms with Crippen molar-refractivity contribution in [1.82, 2.24) is 0 Å². The van der Waals surface area contributed by atoms with Crippen LogP contribution in [0.4, 0.5) is 0 Å². The topological polar surface area (TPSA) is 61.8 Å². The third-order valence-electron chi connectivity index (χ3n) is 2.95. The van der Waals surface area contributed by atoms with Gasteiger partial charge in [0.05, 0.1) is 20.8 Å². The van der Waals surface area contributed by atoms with Crippen molar-refractivity contribution in [1.29, 1.82) is 0 Å². The first kappa shape index (κ1) is 16.0. The Morgan fingerprint density at radius 1 is 1.15 bits per heavy atom. The Hall–Kier alpha value is -2.04. The Balaban J connectivity index is 2.78. The van der Waals surface area contributed by atoms with E-state index < -0.39 is 11.9 Å². The molecule has 0 radical (unpaired) electrons. The molecule has 5 heteroatoms. The number of methoxy groups -OCH3 is 2. The van der Waals surface area contributed by atoms with Gasteiger partial charge >= 0.3 is 5.97 Å². The van der Waals surface area contributed by atoms with Gasteiger partial charge in [0.2, 0.25) is 0 Å². The number of Topliss-reactive ketones (excluding diaryl/α,β-unsaturated/α-hetero) is 1. The van der Waals surface area contributed by atoms with E-state index in [1.165, 1.54) is 7.11 Å². The molecule has 0 aromatic heterocycles. The highest BCUT2D eigenvalue weighted by molar-refractivity contribution is 5.99. The van der Waals surface area contributed by atoms with Crippen molar-refractivity contribution in [2.24, 2.45) is 5.92 Å². The second-order valence-corrected chi connectivity index (χ2v) is 4.31. The van der Waals surface area contributed by atoms with Crippen LogP contribution in [-0.2, 0) is 20.7 Å².